The first-order valence-electron chi connectivity index (χ1n) is 13.4. The van der Waals surface area contributed by atoms with Gasteiger partial charge in [0.15, 0.2) is 0 Å². The number of hydrogen-bond donors (Lipinski definition) is 1. The normalized spacial score (nSPS) is 16.5. The Morgan fingerprint density at radius 3 is 2.24 bits per heavy atom. The molecule has 1 N–H and O–H groups in total. The lowest BCUT2D eigenvalue weighted by molar-refractivity contribution is 0.0724. The molecule has 0 aromatic heterocycles. The Bertz CT molecular complexity index is 1210. The van der Waals surface area contributed by atoms with Crippen LogP contribution in [0.1, 0.15) is 58.4 Å². The number of amides is 2. The number of nitrogens with one attached hydrogen (secondary N) is 1. The van der Waals surface area contributed by atoms with Crippen molar-refractivity contribution in [3.63, 3.8) is 0 Å². The Hall–Kier alpha value is -3.12. The third-order valence-electron chi connectivity index (χ3n) is 7.56. The molecule has 3 aromatic carbocycles. The van der Waals surface area contributed by atoms with Gasteiger partial charge in [0.1, 0.15) is 0 Å². The standard InChI is InChI=1S/C31H34BrN3O2/c32-26-11-9-25(10-12-26)30(36)33-27-13-14-29(28(22-27)31(37)35-17-5-2-6-18-35)34-19-15-24(16-20-34)21-23-7-3-1-4-8-23/h1,3-4,7-14,22,24H,2,5-6,15-21H2,(H,33,36). The summed E-state index contributed by atoms with van der Waals surface area (Å²) in [6.07, 6.45) is 6.59. The summed E-state index contributed by atoms with van der Waals surface area (Å²) in [5.74, 6) is 0.545. The zero-order valence-electron chi connectivity index (χ0n) is 21.2. The van der Waals surface area contributed by atoms with E-state index in [1.807, 2.05) is 35.2 Å². The lowest BCUT2D eigenvalue weighted by Gasteiger charge is -2.36. The molecule has 0 unspecified atom stereocenters. The van der Waals surface area contributed by atoms with Crippen LogP contribution in [0.3, 0.4) is 0 Å². The summed E-state index contributed by atoms with van der Waals surface area (Å²) >= 11 is 3.41. The van der Waals surface area contributed by atoms with Gasteiger partial charge in [0.25, 0.3) is 11.8 Å². The zero-order valence-corrected chi connectivity index (χ0v) is 22.8. The summed E-state index contributed by atoms with van der Waals surface area (Å²) in [4.78, 5) is 30.9. The molecule has 0 saturated carbocycles. The van der Waals surface area contributed by atoms with Crippen molar-refractivity contribution in [2.45, 2.75) is 38.5 Å². The second kappa shape index (κ2) is 12.0. The summed E-state index contributed by atoms with van der Waals surface area (Å²) < 4.78 is 0.926. The highest BCUT2D eigenvalue weighted by atomic mass is 79.9. The minimum Gasteiger partial charge on any atom is -0.371 e. The Kier molecular flexibility index (Phi) is 8.24. The van der Waals surface area contributed by atoms with Gasteiger partial charge in [0.2, 0.25) is 0 Å². The number of carbonyl (C=O) groups excluding carboxylic acids is 2. The highest BCUT2D eigenvalue weighted by molar-refractivity contribution is 9.10. The molecule has 0 bridgehead atoms. The van der Waals surface area contributed by atoms with Crippen LogP contribution in [-0.4, -0.2) is 42.9 Å². The molecular weight excluding hydrogens is 526 g/mol. The molecule has 192 valence electrons. The van der Waals surface area contributed by atoms with Crippen molar-refractivity contribution >= 4 is 39.1 Å². The van der Waals surface area contributed by atoms with Crippen molar-refractivity contribution in [1.29, 1.82) is 0 Å². The average Bonchev–Trinajstić information content (AvgIpc) is 2.94. The largest absolute Gasteiger partial charge is 0.371 e. The fraction of sp³-hybridized carbons (Fsp3) is 0.355. The monoisotopic (exact) mass is 559 g/mol. The lowest BCUT2D eigenvalue weighted by Crippen LogP contribution is -2.39. The van der Waals surface area contributed by atoms with E-state index in [0.717, 1.165) is 68.4 Å². The molecule has 0 aliphatic carbocycles. The number of piperidine rings is 2. The number of carbonyl (C=O) groups is 2. The molecule has 2 fully saturated rings. The van der Waals surface area contributed by atoms with Crippen molar-refractivity contribution in [3.8, 4) is 0 Å². The van der Waals surface area contributed by atoms with Gasteiger partial charge in [0.05, 0.1) is 5.56 Å². The lowest BCUT2D eigenvalue weighted by atomic mass is 9.89. The van der Waals surface area contributed by atoms with Crippen molar-refractivity contribution in [2.24, 2.45) is 5.92 Å². The van der Waals surface area contributed by atoms with Crippen molar-refractivity contribution in [3.05, 3.63) is 94.0 Å². The van der Waals surface area contributed by atoms with Crippen LogP contribution in [0.2, 0.25) is 0 Å². The van der Waals surface area contributed by atoms with Crippen LogP contribution >= 0.6 is 15.9 Å². The number of anilines is 2. The highest BCUT2D eigenvalue weighted by Gasteiger charge is 2.26. The first-order chi connectivity index (χ1) is 18.1. The molecule has 3 aromatic rings. The van der Waals surface area contributed by atoms with Crippen LogP contribution in [0, 0.1) is 5.92 Å². The van der Waals surface area contributed by atoms with Gasteiger partial charge in [-0.15, -0.1) is 0 Å². The Morgan fingerprint density at radius 2 is 1.54 bits per heavy atom. The van der Waals surface area contributed by atoms with E-state index in [-0.39, 0.29) is 11.8 Å². The number of benzene rings is 3. The molecular formula is C31H34BrN3O2. The van der Waals surface area contributed by atoms with Crippen LogP contribution < -0.4 is 10.2 Å². The summed E-state index contributed by atoms with van der Waals surface area (Å²) in [6, 6.07) is 23.8. The minimum atomic E-state index is -0.182. The van der Waals surface area contributed by atoms with E-state index in [1.165, 1.54) is 12.0 Å². The molecule has 5 rings (SSSR count). The van der Waals surface area contributed by atoms with E-state index < -0.39 is 0 Å². The second-order valence-electron chi connectivity index (χ2n) is 10.2. The minimum absolute atomic E-state index is 0.0702. The molecule has 37 heavy (non-hydrogen) atoms. The Balaban J connectivity index is 1.34. The average molecular weight is 561 g/mol. The van der Waals surface area contributed by atoms with Gasteiger partial charge in [-0.2, -0.15) is 0 Å². The molecule has 2 aliphatic heterocycles. The number of likely N-dealkylation sites (tertiary alicyclic amines) is 1. The first-order valence-corrected chi connectivity index (χ1v) is 14.2. The van der Waals surface area contributed by atoms with E-state index >= 15 is 0 Å². The van der Waals surface area contributed by atoms with Crippen LogP contribution in [0.4, 0.5) is 11.4 Å². The second-order valence-corrected chi connectivity index (χ2v) is 11.1. The van der Waals surface area contributed by atoms with E-state index in [2.05, 4.69) is 56.5 Å². The third-order valence-corrected chi connectivity index (χ3v) is 8.09. The van der Waals surface area contributed by atoms with E-state index in [0.29, 0.717) is 22.7 Å². The van der Waals surface area contributed by atoms with E-state index in [1.54, 1.807) is 12.1 Å². The van der Waals surface area contributed by atoms with Crippen LogP contribution in [0.5, 0.6) is 0 Å². The smallest absolute Gasteiger partial charge is 0.256 e. The predicted octanol–water partition coefficient (Wildman–Crippen LogP) is 6.79. The Morgan fingerprint density at radius 1 is 0.838 bits per heavy atom. The number of rotatable bonds is 6. The fourth-order valence-electron chi connectivity index (χ4n) is 5.46. The number of halogens is 1. The topological polar surface area (TPSA) is 52.7 Å². The first kappa shape index (κ1) is 25.5. The fourth-order valence-corrected chi connectivity index (χ4v) is 5.72. The summed E-state index contributed by atoms with van der Waals surface area (Å²) in [5, 5.41) is 3.00. The van der Waals surface area contributed by atoms with E-state index in [9.17, 15) is 9.59 Å². The van der Waals surface area contributed by atoms with Gasteiger partial charge >= 0.3 is 0 Å². The molecule has 2 amide bonds. The van der Waals surface area contributed by atoms with Gasteiger partial charge in [-0.3, -0.25) is 9.59 Å². The van der Waals surface area contributed by atoms with Crippen molar-refractivity contribution in [2.75, 3.05) is 36.4 Å². The maximum Gasteiger partial charge on any atom is 0.256 e. The molecule has 5 nitrogen and oxygen atoms in total. The molecule has 0 atom stereocenters. The van der Waals surface area contributed by atoms with Gasteiger partial charge in [-0.1, -0.05) is 46.3 Å². The van der Waals surface area contributed by atoms with Gasteiger partial charge in [-0.25, -0.2) is 0 Å². The maximum absolute atomic E-state index is 13.7. The quantitative estimate of drug-likeness (QED) is 0.362. The van der Waals surface area contributed by atoms with Crippen LogP contribution in [0.15, 0.2) is 77.3 Å². The zero-order chi connectivity index (χ0) is 25.6. The van der Waals surface area contributed by atoms with Gasteiger partial charge in [-0.05, 0) is 92.5 Å². The van der Waals surface area contributed by atoms with Gasteiger partial charge < -0.3 is 15.1 Å². The Labute approximate surface area is 228 Å². The number of hydrogen-bond acceptors (Lipinski definition) is 3. The molecule has 0 radical (unpaired) electrons. The SMILES string of the molecule is O=C(Nc1ccc(N2CCC(Cc3ccccc3)CC2)c(C(=O)N2CCCCC2)c1)c1ccc(Br)cc1. The molecule has 2 heterocycles. The predicted molar refractivity (Wildman–Crippen MR) is 153 cm³/mol. The van der Waals surface area contributed by atoms with E-state index in [4.69, 9.17) is 0 Å². The third kappa shape index (κ3) is 6.42. The maximum atomic E-state index is 13.7. The molecule has 6 heteroatoms. The molecule has 2 saturated heterocycles. The molecule has 2 aliphatic rings. The van der Waals surface area contributed by atoms with Crippen LogP contribution in [0.25, 0.3) is 0 Å². The van der Waals surface area contributed by atoms with Crippen LogP contribution in [-0.2, 0) is 6.42 Å². The van der Waals surface area contributed by atoms with Crippen molar-refractivity contribution in [1.82, 2.24) is 4.90 Å². The summed E-state index contributed by atoms with van der Waals surface area (Å²) in [5.41, 5.74) is 4.30. The van der Waals surface area contributed by atoms with Gasteiger partial charge in [0, 0.05) is 47.6 Å². The molecule has 0 spiro atoms. The van der Waals surface area contributed by atoms with Crippen molar-refractivity contribution < 1.29 is 9.59 Å². The number of nitrogens with zero attached hydrogens (tertiary/aromatic N) is 2. The summed E-state index contributed by atoms with van der Waals surface area (Å²) in [6.45, 7) is 3.46. The highest BCUT2D eigenvalue weighted by Crippen LogP contribution is 2.31. The summed E-state index contributed by atoms with van der Waals surface area (Å²) in [7, 11) is 0.